The molecule has 0 aliphatic carbocycles. The van der Waals surface area contributed by atoms with Crippen LogP contribution in [0.4, 0.5) is 0 Å². The number of halogens is 1. The third-order valence-electron chi connectivity index (χ3n) is 3.45. The van der Waals surface area contributed by atoms with Gasteiger partial charge in [0.05, 0.1) is 5.02 Å². The van der Waals surface area contributed by atoms with E-state index in [4.69, 9.17) is 16.3 Å². The molecule has 1 atom stereocenters. The number of carboxylic acid groups (broad SMARTS) is 1. The van der Waals surface area contributed by atoms with Crippen LogP contribution in [0, 0.1) is 0 Å². The quantitative estimate of drug-likeness (QED) is 0.850. The second-order valence-electron chi connectivity index (χ2n) is 5.48. The van der Waals surface area contributed by atoms with Gasteiger partial charge < -0.3 is 9.84 Å². The lowest BCUT2D eigenvalue weighted by atomic mass is 10.00. The highest BCUT2D eigenvalue weighted by Gasteiger charge is 2.21. The fourth-order valence-electron chi connectivity index (χ4n) is 2.13. The van der Waals surface area contributed by atoms with E-state index in [0.717, 1.165) is 5.56 Å². The van der Waals surface area contributed by atoms with Gasteiger partial charge in [0, 0.05) is 6.42 Å². The summed E-state index contributed by atoms with van der Waals surface area (Å²) in [6.45, 7) is 4.24. The number of hydrogen-bond acceptors (Lipinski definition) is 2. The van der Waals surface area contributed by atoms with E-state index in [1.54, 1.807) is 24.3 Å². The normalized spacial score (nSPS) is 12.2. The van der Waals surface area contributed by atoms with Gasteiger partial charge in [0.2, 0.25) is 0 Å². The Bertz CT molecular complexity index is 635. The number of benzene rings is 2. The first kappa shape index (κ1) is 16.4. The Balaban J connectivity index is 2.12. The summed E-state index contributed by atoms with van der Waals surface area (Å²) in [5.41, 5.74) is 2.14. The number of carboxylic acids is 1. The van der Waals surface area contributed by atoms with Gasteiger partial charge in [-0.25, -0.2) is 4.79 Å². The molecule has 1 N–H and O–H groups in total. The molecule has 2 rings (SSSR count). The van der Waals surface area contributed by atoms with E-state index in [-0.39, 0.29) is 0 Å². The van der Waals surface area contributed by atoms with Crippen LogP contribution in [0.25, 0.3) is 0 Å². The first-order chi connectivity index (χ1) is 10.5. The number of para-hydroxylation sites is 1. The average Bonchev–Trinajstić information content (AvgIpc) is 2.49. The molecule has 0 aromatic heterocycles. The maximum Gasteiger partial charge on any atom is 0.345 e. The molecule has 22 heavy (non-hydrogen) atoms. The van der Waals surface area contributed by atoms with Crippen molar-refractivity contribution >= 4 is 17.6 Å². The Kier molecular flexibility index (Phi) is 5.45. The highest BCUT2D eigenvalue weighted by atomic mass is 35.5. The first-order valence-electron chi connectivity index (χ1n) is 7.20. The Morgan fingerprint density at radius 2 is 1.77 bits per heavy atom. The van der Waals surface area contributed by atoms with Crippen molar-refractivity contribution in [2.45, 2.75) is 32.3 Å². The van der Waals surface area contributed by atoms with E-state index in [1.165, 1.54) is 5.56 Å². The molecule has 0 saturated carbocycles. The Morgan fingerprint density at radius 1 is 1.14 bits per heavy atom. The van der Waals surface area contributed by atoms with Crippen LogP contribution in [0.2, 0.25) is 5.02 Å². The first-order valence-corrected chi connectivity index (χ1v) is 7.58. The Hall–Kier alpha value is -2.00. The summed E-state index contributed by atoms with van der Waals surface area (Å²) in [5, 5.41) is 9.77. The molecule has 2 aromatic carbocycles. The minimum atomic E-state index is -1.01. The predicted molar refractivity (Wildman–Crippen MR) is 87.7 cm³/mol. The van der Waals surface area contributed by atoms with E-state index >= 15 is 0 Å². The van der Waals surface area contributed by atoms with E-state index in [1.807, 2.05) is 24.3 Å². The molecular weight excluding hydrogens is 300 g/mol. The summed E-state index contributed by atoms with van der Waals surface area (Å²) < 4.78 is 5.56. The average molecular weight is 319 g/mol. The summed E-state index contributed by atoms with van der Waals surface area (Å²) >= 11 is 6.01. The molecule has 0 spiro atoms. The van der Waals surface area contributed by atoms with Crippen LogP contribution >= 0.6 is 11.6 Å². The molecule has 0 fully saturated rings. The molecule has 0 bridgehead atoms. The van der Waals surface area contributed by atoms with Crippen molar-refractivity contribution in [3.8, 4) is 5.75 Å². The van der Waals surface area contributed by atoms with Gasteiger partial charge in [-0.15, -0.1) is 0 Å². The van der Waals surface area contributed by atoms with Gasteiger partial charge in [-0.1, -0.05) is 61.8 Å². The molecule has 0 aliphatic heterocycles. The minimum Gasteiger partial charge on any atom is -0.478 e. The lowest BCUT2D eigenvalue weighted by molar-refractivity contribution is -0.145. The van der Waals surface area contributed by atoms with Crippen molar-refractivity contribution < 1.29 is 14.6 Å². The van der Waals surface area contributed by atoms with Gasteiger partial charge >= 0.3 is 5.97 Å². The zero-order chi connectivity index (χ0) is 16.1. The van der Waals surface area contributed by atoms with Gasteiger partial charge in [-0.2, -0.15) is 0 Å². The maximum atomic E-state index is 11.4. The highest BCUT2D eigenvalue weighted by molar-refractivity contribution is 6.32. The van der Waals surface area contributed by atoms with Crippen LogP contribution in [0.15, 0.2) is 48.5 Å². The van der Waals surface area contributed by atoms with Crippen LogP contribution in [0.5, 0.6) is 5.75 Å². The largest absolute Gasteiger partial charge is 0.478 e. The summed E-state index contributed by atoms with van der Waals surface area (Å²) in [4.78, 5) is 11.4. The van der Waals surface area contributed by atoms with Crippen LogP contribution in [0.1, 0.15) is 30.9 Å². The van der Waals surface area contributed by atoms with Crippen molar-refractivity contribution in [3.63, 3.8) is 0 Å². The highest BCUT2D eigenvalue weighted by Crippen LogP contribution is 2.25. The van der Waals surface area contributed by atoms with Gasteiger partial charge in [0.1, 0.15) is 5.75 Å². The third-order valence-corrected chi connectivity index (χ3v) is 3.76. The number of ether oxygens (including phenoxy) is 1. The lowest BCUT2D eigenvalue weighted by Gasteiger charge is -2.16. The molecule has 0 radical (unpaired) electrons. The second kappa shape index (κ2) is 7.32. The molecule has 0 unspecified atom stereocenters. The van der Waals surface area contributed by atoms with Gasteiger partial charge in [0.25, 0.3) is 0 Å². The monoisotopic (exact) mass is 318 g/mol. The molecule has 116 valence electrons. The summed E-state index contributed by atoms with van der Waals surface area (Å²) in [5.74, 6) is -0.174. The van der Waals surface area contributed by atoms with Crippen molar-refractivity contribution in [3.05, 3.63) is 64.7 Å². The number of aliphatic carboxylic acids is 1. The minimum absolute atomic E-state index is 0.291. The van der Waals surface area contributed by atoms with Crippen LogP contribution in [-0.2, 0) is 11.2 Å². The Labute approximate surface area is 135 Å². The van der Waals surface area contributed by atoms with Gasteiger partial charge in [-0.3, -0.25) is 0 Å². The smallest absolute Gasteiger partial charge is 0.345 e. The SMILES string of the molecule is CC(C)c1ccc(C[C@H](Oc2ccccc2Cl)C(=O)O)cc1. The van der Waals surface area contributed by atoms with Gasteiger partial charge in [0.15, 0.2) is 6.10 Å². The fraction of sp³-hybridized carbons (Fsp3) is 0.278. The molecule has 0 aliphatic rings. The van der Waals surface area contributed by atoms with Crippen LogP contribution < -0.4 is 4.74 Å². The van der Waals surface area contributed by atoms with Crippen LogP contribution in [-0.4, -0.2) is 17.2 Å². The molecule has 3 nitrogen and oxygen atoms in total. The summed E-state index contributed by atoms with van der Waals surface area (Å²) in [7, 11) is 0. The fourth-order valence-corrected chi connectivity index (χ4v) is 2.31. The standard InChI is InChI=1S/C18H19ClO3/c1-12(2)14-9-7-13(8-10-14)11-17(18(20)21)22-16-6-4-3-5-15(16)19/h3-10,12,17H,11H2,1-2H3,(H,20,21)/t17-/m0/s1. The molecule has 2 aromatic rings. The number of rotatable bonds is 6. The van der Waals surface area contributed by atoms with Crippen molar-refractivity contribution in [2.75, 3.05) is 0 Å². The molecular formula is C18H19ClO3. The number of carbonyl (C=O) groups is 1. The maximum absolute atomic E-state index is 11.4. The molecule has 0 heterocycles. The second-order valence-corrected chi connectivity index (χ2v) is 5.88. The van der Waals surface area contributed by atoms with Crippen LogP contribution in [0.3, 0.4) is 0 Å². The van der Waals surface area contributed by atoms with E-state index in [2.05, 4.69) is 13.8 Å². The van der Waals surface area contributed by atoms with Crippen molar-refractivity contribution in [2.24, 2.45) is 0 Å². The predicted octanol–water partition coefficient (Wildman–Crippen LogP) is 4.54. The summed E-state index contributed by atoms with van der Waals surface area (Å²) in [6, 6.07) is 14.8. The number of hydrogen-bond donors (Lipinski definition) is 1. The Morgan fingerprint density at radius 3 is 2.32 bits per heavy atom. The van der Waals surface area contributed by atoms with Gasteiger partial charge in [-0.05, 0) is 29.2 Å². The molecule has 0 saturated heterocycles. The molecule has 4 heteroatoms. The van der Waals surface area contributed by atoms with E-state index < -0.39 is 12.1 Å². The van der Waals surface area contributed by atoms with Crippen molar-refractivity contribution in [1.82, 2.24) is 0 Å². The molecule has 0 amide bonds. The lowest BCUT2D eigenvalue weighted by Crippen LogP contribution is -2.29. The summed E-state index contributed by atoms with van der Waals surface area (Å²) in [6.07, 6.45) is -0.677. The third kappa shape index (κ3) is 4.25. The van der Waals surface area contributed by atoms with Crippen molar-refractivity contribution in [1.29, 1.82) is 0 Å². The zero-order valence-electron chi connectivity index (χ0n) is 12.6. The van der Waals surface area contributed by atoms with E-state index in [0.29, 0.717) is 23.1 Å². The van der Waals surface area contributed by atoms with E-state index in [9.17, 15) is 9.90 Å². The zero-order valence-corrected chi connectivity index (χ0v) is 13.4. The topological polar surface area (TPSA) is 46.5 Å².